The molecule has 1 atom stereocenters. The Bertz CT molecular complexity index is 706. The van der Waals surface area contributed by atoms with Gasteiger partial charge >= 0.3 is 0 Å². The van der Waals surface area contributed by atoms with Gasteiger partial charge in [-0.25, -0.2) is 4.39 Å². The van der Waals surface area contributed by atoms with Gasteiger partial charge in [0.25, 0.3) is 0 Å². The summed E-state index contributed by atoms with van der Waals surface area (Å²) in [5, 5.41) is 9.75. The number of Topliss-reactive ketones (excluding diaryl/α,β-unsaturated/α-hetero) is 1. The van der Waals surface area contributed by atoms with Crippen molar-refractivity contribution in [3.63, 3.8) is 0 Å². The maximum Gasteiger partial charge on any atom is 0.184 e. The summed E-state index contributed by atoms with van der Waals surface area (Å²) in [7, 11) is 0. The molecule has 0 radical (unpaired) electrons. The van der Waals surface area contributed by atoms with Crippen LogP contribution in [0.4, 0.5) is 4.39 Å². The van der Waals surface area contributed by atoms with Crippen molar-refractivity contribution in [1.29, 1.82) is 5.26 Å². The van der Waals surface area contributed by atoms with E-state index in [1.54, 1.807) is 31.2 Å². The van der Waals surface area contributed by atoms with Gasteiger partial charge in [0.1, 0.15) is 11.7 Å². The summed E-state index contributed by atoms with van der Waals surface area (Å²) in [4.78, 5) is 12.4. The number of halogens is 2. The molecule has 0 aliphatic heterocycles. The van der Waals surface area contributed by atoms with Crippen LogP contribution in [0.15, 0.2) is 42.5 Å². The largest absolute Gasteiger partial charge is 0.292 e. The number of carbonyl (C=O) groups excluding carboxylic acids is 1. The molecule has 4 heteroatoms. The van der Waals surface area contributed by atoms with Crippen LogP contribution < -0.4 is 0 Å². The van der Waals surface area contributed by atoms with Crippen molar-refractivity contribution in [1.82, 2.24) is 0 Å². The fourth-order valence-corrected chi connectivity index (χ4v) is 2.26. The zero-order valence-corrected chi connectivity index (χ0v) is 11.5. The highest BCUT2D eigenvalue weighted by atomic mass is 35.5. The molecule has 2 aromatic carbocycles. The van der Waals surface area contributed by atoms with Crippen molar-refractivity contribution in [3.8, 4) is 6.07 Å². The number of benzene rings is 2. The van der Waals surface area contributed by atoms with Gasteiger partial charge in [-0.2, -0.15) is 5.26 Å². The molecule has 0 aromatic heterocycles. The van der Waals surface area contributed by atoms with Crippen molar-refractivity contribution in [3.05, 3.63) is 70.0 Å². The van der Waals surface area contributed by atoms with E-state index in [1.807, 2.05) is 6.07 Å². The van der Waals surface area contributed by atoms with E-state index in [2.05, 4.69) is 0 Å². The lowest BCUT2D eigenvalue weighted by Gasteiger charge is -2.11. The topological polar surface area (TPSA) is 40.9 Å². The molecular formula is C16H11ClFNO. The molecule has 0 saturated heterocycles. The molecule has 0 N–H and O–H groups in total. The quantitative estimate of drug-likeness (QED) is 0.791. The van der Waals surface area contributed by atoms with Gasteiger partial charge in [0.2, 0.25) is 0 Å². The number of hydrogen-bond acceptors (Lipinski definition) is 2. The van der Waals surface area contributed by atoms with Gasteiger partial charge in [-0.1, -0.05) is 23.7 Å². The predicted molar refractivity (Wildman–Crippen MR) is 75.3 cm³/mol. The minimum Gasteiger partial charge on any atom is -0.292 e. The third kappa shape index (κ3) is 2.87. The molecule has 1 unspecified atom stereocenters. The van der Waals surface area contributed by atoms with Crippen LogP contribution in [0.1, 0.15) is 27.4 Å². The van der Waals surface area contributed by atoms with Gasteiger partial charge in [-0.15, -0.1) is 0 Å². The molecule has 0 amide bonds. The Kier molecular flexibility index (Phi) is 4.16. The molecule has 0 saturated carbocycles. The molecule has 0 heterocycles. The Hall–Kier alpha value is -2.18. The monoisotopic (exact) mass is 287 g/mol. The van der Waals surface area contributed by atoms with Crippen LogP contribution in [0.3, 0.4) is 0 Å². The lowest BCUT2D eigenvalue weighted by atomic mass is 9.90. The number of aryl methyl sites for hydroxylation is 1. The van der Waals surface area contributed by atoms with Crippen LogP contribution in [-0.4, -0.2) is 5.78 Å². The Morgan fingerprint density at radius 1 is 1.30 bits per heavy atom. The first kappa shape index (κ1) is 14.2. The molecule has 2 rings (SSSR count). The molecule has 0 spiro atoms. The predicted octanol–water partition coefficient (Wildman–Crippen LogP) is 4.28. The standard InChI is InChI=1S/C16H11ClFNO/c1-10-7-12(17)5-6-14(10)16(20)15(9-19)11-3-2-4-13(18)8-11/h2-8,15H,1H3. The number of hydrogen-bond donors (Lipinski definition) is 0. The summed E-state index contributed by atoms with van der Waals surface area (Å²) >= 11 is 5.85. The Labute approximate surface area is 121 Å². The van der Waals surface area contributed by atoms with Crippen molar-refractivity contribution >= 4 is 17.4 Å². The zero-order valence-electron chi connectivity index (χ0n) is 10.7. The fraction of sp³-hybridized carbons (Fsp3) is 0.125. The maximum absolute atomic E-state index is 13.2. The summed E-state index contributed by atoms with van der Waals surface area (Å²) < 4.78 is 13.2. The fourth-order valence-electron chi connectivity index (χ4n) is 2.03. The first-order valence-electron chi connectivity index (χ1n) is 5.98. The summed E-state index contributed by atoms with van der Waals surface area (Å²) in [5.41, 5.74) is 1.47. The van der Waals surface area contributed by atoms with Crippen molar-refractivity contribution < 1.29 is 9.18 Å². The average Bonchev–Trinajstić information content (AvgIpc) is 2.39. The Balaban J connectivity index is 2.42. The first-order valence-corrected chi connectivity index (χ1v) is 6.36. The van der Waals surface area contributed by atoms with Crippen LogP contribution >= 0.6 is 11.6 Å². The molecule has 0 aliphatic carbocycles. The lowest BCUT2D eigenvalue weighted by molar-refractivity contribution is 0.0978. The molecule has 20 heavy (non-hydrogen) atoms. The average molecular weight is 288 g/mol. The third-order valence-corrected chi connectivity index (χ3v) is 3.26. The molecular weight excluding hydrogens is 277 g/mol. The van der Waals surface area contributed by atoms with Gasteiger partial charge in [0.05, 0.1) is 6.07 Å². The van der Waals surface area contributed by atoms with Crippen LogP contribution in [0.25, 0.3) is 0 Å². The van der Waals surface area contributed by atoms with Gasteiger partial charge < -0.3 is 0 Å². The van der Waals surface area contributed by atoms with E-state index in [0.29, 0.717) is 21.7 Å². The lowest BCUT2D eigenvalue weighted by Crippen LogP contribution is -2.12. The van der Waals surface area contributed by atoms with Crippen LogP contribution in [0.5, 0.6) is 0 Å². The second-order valence-corrected chi connectivity index (χ2v) is 4.88. The molecule has 2 aromatic rings. The molecule has 100 valence electrons. The number of nitrogens with zero attached hydrogens (tertiary/aromatic N) is 1. The van der Waals surface area contributed by atoms with E-state index in [4.69, 9.17) is 11.6 Å². The van der Waals surface area contributed by atoms with Crippen molar-refractivity contribution in [2.45, 2.75) is 12.8 Å². The Morgan fingerprint density at radius 3 is 2.65 bits per heavy atom. The number of rotatable bonds is 3. The highest BCUT2D eigenvalue weighted by Gasteiger charge is 2.23. The third-order valence-electron chi connectivity index (χ3n) is 3.03. The van der Waals surface area contributed by atoms with Crippen LogP contribution in [0, 0.1) is 24.1 Å². The summed E-state index contributed by atoms with van der Waals surface area (Å²) in [6.45, 7) is 1.75. The number of ketones is 1. The van der Waals surface area contributed by atoms with E-state index in [9.17, 15) is 14.4 Å². The van der Waals surface area contributed by atoms with Gasteiger partial charge in [0.15, 0.2) is 5.78 Å². The van der Waals surface area contributed by atoms with E-state index < -0.39 is 11.7 Å². The maximum atomic E-state index is 13.2. The molecule has 0 fully saturated rings. The highest BCUT2D eigenvalue weighted by molar-refractivity contribution is 6.30. The number of carbonyl (C=O) groups is 1. The van der Waals surface area contributed by atoms with Crippen LogP contribution in [0.2, 0.25) is 5.02 Å². The van der Waals surface area contributed by atoms with Crippen LogP contribution in [-0.2, 0) is 0 Å². The van der Waals surface area contributed by atoms with Gasteiger partial charge in [-0.05, 0) is 48.4 Å². The first-order chi connectivity index (χ1) is 9.52. The van der Waals surface area contributed by atoms with E-state index in [0.717, 1.165) is 0 Å². The molecule has 0 aliphatic rings. The van der Waals surface area contributed by atoms with Crippen molar-refractivity contribution in [2.24, 2.45) is 0 Å². The summed E-state index contributed by atoms with van der Waals surface area (Å²) in [6.07, 6.45) is 0. The molecule has 2 nitrogen and oxygen atoms in total. The van der Waals surface area contributed by atoms with E-state index >= 15 is 0 Å². The number of nitriles is 1. The van der Waals surface area contributed by atoms with Gasteiger partial charge in [0, 0.05) is 10.6 Å². The second-order valence-electron chi connectivity index (χ2n) is 4.44. The molecule has 0 bridgehead atoms. The van der Waals surface area contributed by atoms with Gasteiger partial charge in [-0.3, -0.25) is 4.79 Å². The summed E-state index contributed by atoms with van der Waals surface area (Å²) in [5.74, 6) is -1.85. The highest BCUT2D eigenvalue weighted by Crippen LogP contribution is 2.24. The van der Waals surface area contributed by atoms with E-state index in [1.165, 1.54) is 18.2 Å². The SMILES string of the molecule is Cc1cc(Cl)ccc1C(=O)C(C#N)c1cccc(F)c1. The second kappa shape index (κ2) is 5.85. The minimum atomic E-state index is -1.02. The minimum absolute atomic E-state index is 0.354. The smallest absolute Gasteiger partial charge is 0.184 e. The Morgan fingerprint density at radius 2 is 2.05 bits per heavy atom. The van der Waals surface area contributed by atoms with Crippen molar-refractivity contribution in [2.75, 3.05) is 0 Å². The van der Waals surface area contributed by atoms with E-state index in [-0.39, 0.29) is 5.78 Å². The normalized spacial score (nSPS) is 11.7. The zero-order chi connectivity index (χ0) is 14.7. The summed E-state index contributed by atoms with van der Waals surface area (Å²) in [6, 6.07) is 12.3.